The SMILES string of the molecule is NC1=N[C@](CF)(c2cc(CC(=O)c3ccc(F)cn3)cc(F)c2F)C(F)(F)CC1. The van der Waals surface area contributed by atoms with Gasteiger partial charge in [0.2, 0.25) is 0 Å². The number of carbonyl (C=O) groups excluding carboxylic acids is 1. The summed E-state index contributed by atoms with van der Waals surface area (Å²) in [6, 6.07) is 3.48. The molecule has 154 valence electrons. The van der Waals surface area contributed by atoms with Gasteiger partial charge in [-0.1, -0.05) is 0 Å². The van der Waals surface area contributed by atoms with Crippen LogP contribution < -0.4 is 5.73 Å². The van der Waals surface area contributed by atoms with Crippen LogP contribution in [-0.4, -0.2) is 29.2 Å². The zero-order chi connectivity index (χ0) is 21.4. The Morgan fingerprint density at radius 1 is 1.17 bits per heavy atom. The predicted octanol–water partition coefficient (Wildman–Crippen LogP) is 3.88. The van der Waals surface area contributed by atoms with Crippen LogP contribution in [0.4, 0.5) is 26.3 Å². The normalized spacial score (nSPS) is 21.0. The number of benzene rings is 1. The van der Waals surface area contributed by atoms with Crippen molar-refractivity contribution in [2.24, 2.45) is 10.7 Å². The molecule has 0 unspecified atom stereocenters. The van der Waals surface area contributed by atoms with Gasteiger partial charge in [-0.3, -0.25) is 14.8 Å². The van der Waals surface area contributed by atoms with E-state index in [1.54, 1.807) is 0 Å². The Morgan fingerprint density at radius 3 is 2.52 bits per heavy atom. The van der Waals surface area contributed by atoms with Gasteiger partial charge in [-0.25, -0.2) is 26.3 Å². The summed E-state index contributed by atoms with van der Waals surface area (Å²) in [7, 11) is 0. The van der Waals surface area contributed by atoms with Crippen molar-refractivity contribution in [2.45, 2.75) is 30.7 Å². The molecule has 29 heavy (non-hydrogen) atoms. The third-order valence-electron chi connectivity index (χ3n) is 4.74. The lowest BCUT2D eigenvalue weighted by molar-refractivity contribution is -0.0961. The maximum Gasteiger partial charge on any atom is 0.280 e. The maximum absolute atomic E-state index is 14.6. The smallest absolute Gasteiger partial charge is 0.280 e. The molecule has 2 aromatic rings. The lowest BCUT2D eigenvalue weighted by atomic mass is 9.79. The van der Waals surface area contributed by atoms with Gasteiger partial charge in [-0.05, 0) is 29.8 Å². The van der Waals surface area contributed by atoms with E-state index in [0.717, 1.165) is 24.4 Å². The average Bonchev–Trinajstić information content (AvgIpc) is 2.67. The number of nitrogens with two attached hydrogens (primary N) is 1. The summed E-state index contributed by atoms with van der Waals surface area (Å²) in [4.78, 5) is 19.3. The largest absolute Gasteiger partial charge is 0.387 e. The second-order valence-electron chi connectivity index (χ2n) is 6.70. The standard InChI is InChI=1S/C19H15F6N3O/c20-9-18(19(24,25)4-3-16(26)28-18)12-5-10(6-13(22)17(12)23)7-15(29)14-2-1-11(21)8-27-14/h1-2,5-6,8H,3-4,7,9H2,(H2,26,28)/t18-/m1/s1. The molecule has 0 spiro atoms. The molecule has 0 saturated heterocycles. The van der Waals surface area contributed by atoms with Gasteiger partial charge >= 0.3 is 0 Å². The van der Waals surface area contributed by atoms with Crippen LogP contribution in [0.15, 0.2) is 35.5 Å². The van der Waals surface area contributed by atoms with Gasteiger partial charge in [0.15, 0.2) is 23.0 Å². The highest BCUT2D eigenvalue weighted by Gasteiger charge is 2.58. The lowest BCUT2D eigenvalue weighted by Crippen LogP contribution is -2.51. The quantitative estimate of drug-likeness (QED) is 0.596. The van der Waals surface area contributed by atoms with Gasteiger partial charge in [0.25, 0.3) is 5.92 Å². The molecule has 1 atom stereocenters. The first-order valence-corrected chi connectivity index (χ1v) is 8.51. The molecule has 1 aromatic heterocycles. The average molecular weight is 415 g/mol. The van der Waals surface area contributed by atoms with Gasteiger partial charge in [0.05, 0.1) is 12.0 Å². The molecule has 0 radical (unpaired) electrons. The van der Waals surface area contributed by atoms with Gasteiger partial charge in [-0.2, -0.15) is 0 Å². The van der Waals surface area contributed by atoms with Crippen molar-refractivity contribution in [1.82, 2.24) is 4.98 Å². The number of Topliss-reactive ketones (excluding diaryl/α,β-unsaturated/α-hetero) is 1. The summed E-state index contributed by atoms with van der Waals surface area (Å²) in [5, 5.41) is 0. The minimum atomic E-state index is -3.83. The lowest BCUT2D eigenvalue weighted by Gasteiger charge is -2.39. The molecule has 2 heterocycles. The predicted molar refractivity (Wildman–Crippen MR) is 92.0 cm³/mol. The minimum absolute atomic E-state index is 0.164. The molecule has 0 amide bonds. The fourth-order valence-electron chi connectivity index (χ4n) is 3.20. The molecular weight excluding hydrogens is 400 g/mol. The molecule has 0 aliphatic carbocycles. The van der Waals surface area contributed by atoms with Crippen LogP contribution in [0.3, 0.4) is 0 Å². The number of nitrogens with zero attached hydrogens (tertiary/aromatic N) is 2. The molecular formula is C19H15F6N3O. The number of hydrogen-bond donors (Lipinski definition) is 1. The Balaban J connectivity index is 2.07. The van der Waals surface area contributed by atoms with Crippen molar-refractivity contribution in [3.63, 3.8) is 0 Å². The first-order valence-electron chi connectivity index (χ1n) is 8.51. The Hall–Kier alpha value is -2.91. The first kappa shape index (κ1) is 20.8. The first-order chi connectivity index (χ1) is 13.6. The van der Waals surface area contributed by atoms with E-state index in [4.69, 9.17) is 5.73 Å². The van der Waals surface area contributed by atoms with E-state index in [1.165, 1.54) is 0 Å². The highest BCUT2D eigenvalue weighted by Crippen LogP contribution is 2.48. The fourth-order valence-corrected chi connectivity index (χ4v) is 3.20. The third-order valence-corrected chi connectivity index (χ3v) is 4.74. The van der Waals surface area contributed by atoms with Crippen LogP contribution in [0.25, 0.3) is 0 Å². The molecule has 3 rings (SSSR count). The number of aliphatic imine (C=N–C) groups is 1. The minimum Gasteiger partial charge on any atom is -0.387 e. The second kappa shape index (κ2) is 7.49. The van der Waals surface area contributed by atoms with E-state index in [0.29, 0.717) is 6.07 Å². The number of alkyl halides is 3. The van der Waals surface area contributed by atoms with Gasteiger partial charge in [0.1, 0.15) is 18.2 Å². The zero-order valence-electron chi connectivity index (χ0n) is 14.9. The molecule has 1 aliphatic heterocycles. The van der Waals surface area contributed by atoms with E-state index in [-0.39, 0.29) is 23.5 Å². The van der Waals surface area contributed by atoms with Crippen molar-refractivity contribution in [1.29, 1.82) is 0 Å². The van der Waals surface area contributed by atoms with E-state index in [2.05, 4.69) is 9.98 Å². The van der Waals surface area contributed by atoms with E-state index in [1.807, 2.05) is 0 Å². The van der Waals surface area contributed by atoms with Crippen molar-refractivity contribution in [2.75, 3.05) is 6.67 Å². The van der Waals surface area contributed by atoms with E-state index in [9.17, 15) is 31.1 Å². The Bertz CT molecular complexity index is 977. The summed E-state index contributed by atoms with van der Waals surface area (Å²) in [5.41, 5.74) is 1.06. The van der Waals surface area contributed by atoms with E-state index < -0.39 is 59.8 Å². The van der Waals surface area contributed by atoms with Crippen molar-refractivity contribution in [3.05, 3.63) is 64.7 Å². The van der Waals surface area contributed by atoms with Crippen molar-refractivity contribution in [3.8, 4) is 0 Å². The van der Waals surface area contributed by atoms with Crippen molar-refractivity contribution >= 4 is 11.6 Å². The van der Waals surface area contributed by atoms with Crippen LogP contribution in [0, 0.1) is 17.5 Å². The molecule has 0 fully saturated rings. The zero-order valence-corrected chi connectivity index (χ0v) is 14.9. The number of hydrogen-bond acceptors (Lipinski definition) is 4. The highest BCUT2D eigenvalue weighted by atomic mass is 19.3. The van der Waals surface area contributed by atoms with Gasteiger partial charge in [-0.15, -0.1) is 0 Å². The fraction of sp³-hybridized carbons (Fsp3) is 0.316. The molecule has 0 bridgehead atoms. The number of halogens is 6. The molecule has 4 nitrogen and oxygen atoms in total. The molecule has 10 heteroatoms. The molecule has 1 aliphatic rings. The number of amidine groups is 1. The van der Waals surface area contributed by atoms with Gasteiger partial charge < -0.3 is 5.73 Å². The maximum atomic E-state index is 14.6. The molecule has 0 saturated carbocycles. The number of pyridine rings is 1. The Kier molecular flexibility index (Phi) is 5.38. The van der Waals surface area contributed by atoms with Crippen LogP contribution in [0.5, 0.6) is 0 Å². The molecule has 2 N–H and O–H groups in total. The monoisotopic (exact) mass is 415 g/mol. The molecule has 1 aromatic carbocycles. The van der Waals surface area contributed by atoms with Gasteiger partial charge in [0, 0.05) is 24.8 Å². The number of ketones is 1. The third kappa shape index (κ3) is 3.70. The number of carbonyl (C=O) groups is 1. The second-order valence-corrected chi connectivity index (χ2v) is 6.70. The summed E-state index contributed by atoms with van der Waals surface area (Å²) in [6.07, 6.45) is -0.985. The van der Waals surface area contributed by atoms with Crippen molar-refractivity contribution < 1.29 is 31.1 Å². The Morgan fingerprint density at radius 2 is 1.90 bits per heavy atom. The van der Waals surface area contributed by atoms with Crippen LogP contribution >= 0.6 is 0 Å². The van der Waals surface area contributed by atoms with Crippen LogP contribution in [0.2, 0.25) is 0 Å². The number of aromatic nitrogens is 1. The summed E-state index contributed by atoms with van der Waals surface area (Å²) < 4.78 is 84.6. The summed E-state index contributed by atoms with van der Waals surface area (Å²) in [5.74, 6) is -8.77. The topological polar surface area (TPSA) is 68.3 Å². The van der Waals surface area contributed by atoms with E-state index >= 15 is 0 Å². The Labute approximate surface area is 161 Å². The van der Waals surface area contributed by atoms with Crippen LogP contribution in [0.1, 0.15) is 34.5 Å². The summed E-state index contributed by atoms with van der Waals surface area (Å²) >= 11 is 0. The van der Waals surface area contributed by atoms with Crippen LogP contribution in [-0.2, 0) is 12.0 Å². The number of rotatable bonds is 5. The summed E-state index contributed by atoms with van der Waals surface area (Å²) in [6.45, 7) is -1.83. The highest BCUT2D eigenvalue weighted by molar-refractivity contribution is 5.95.